The molecule has 1 aliphatic heterocycles. The fourth-order valence-corrected chi connectivity index (χ4v) is 6.00. The van der Waals surface area contributed by atoms with E-state index in [9.17, 15) is 13.2 Å². The Hall–Kier alpha value is -3.03. The van der Waals surface area contributed by atoms with Crippen molar-refractivity contribution < 1.29 is 17.9 Å². The number of sulfonamides is 1. The number of halogens is 1. The molecule has 1 saturated carbocycles. The molecule has 1 N–H and O–H groups in total. The number of benzene rings is 3. The van der Waals surface area contributed by atoms with E-state index in [1.165, 1.54) is 4.31 Å². The van der Waals surface area contributed by atoms with Gasteiger partial charge in [0.15, 0.2) is 0 Å². The standard InChI is InChI=1S/C26H25ClN2O4S/c1-17-3-10-22(11-4-17)34(31,32)29-16-18(2)33-24-12-9-21(15-23(24)29)28-25(30)26(13-14-26)19-5-7-20(27)8-6-19/h3-12,15,18H,13-14,16H2,1-2H3,(H,28,30). The maximum absolute atomic E-state index is 13.5. The number of nitrogens with zero attached hydrogens (tertiary/aromatic N) is 1. The monoisotopic (exact) mass is 496 g/mol. The Morgan fingerprint density at radius 2 is 1.74 bits per heavy atom. The number of hydrogen-bond acceptors (Lipinski definition) is 4. The van der Waals surface area contributed by atoms with Crippen LogP contribution in [-0.4, -0.2) is 27.0 Å². The van der Waals surface area contributed by atoms with Gasteiger partial charge in [-0.05, 0) is 74.7 Å². The zero-order valence-corrected chi connectivity index (χ0v) is 20.5. The molecule has 1 aliphatic carbocycles. The Morgan fingerprint density at radius 1 is 1.06 bits per heavy atom. The van der Waals surface area contributed by atoms with Crippen LogP contribution in [0.5, 0.6) is 5.75 Å². The first-order chi connectivity index (χ1) is 16.2. The molecule has 1 amide bonds. The summed E-state index contributed by atoms with van der Waals surface area (Å²) < 4.78 is 34.3. The molecule has 1 heterocycles. The van der Waals surface area contributed by atoms with Crippen LogP contribution in [0, 0.1) is 6.92 Å². The lowest BCUT2D eigenvalue weighted by Gasteiger charge is -2.34. The van der Waals surface area contributed by atoms with Gasteiger partial charge in [0.1, 0.15) is 11.9 Å². The predicted molar refractivity (Wildman–Crippen MR) is 133 cm³/mol. The Kier molecular flexibility index (Phi) is 5.57. The van der Waals surface area contributed by atoms with Crippen LogP contribution in [0.4, 0.5) is 11.4 Å². The predicted octanol–water partition coefficient (Wildman–Crippen LogP) is 5.29. The highest BCUT2D eigenvalue weighted by molar-refractivity contribution is 7.92. The normalized spacial score (nSPS) is 18.6. The number of ether oxygens (including phenoxy) is 1. The van der Waals surface area contributed by atoms with Crippen molar-refractivity contribution in [3.05, 3.63) is 82.9 Å². The number of fused-ring (bicyclic) bond motifs is 1. The number of hydrogen-bond donors (Lipinski definition) is 1. The minimum absolute atomic E-state index is 0.118. The number of anilines is 2. The van der Waals surface area contributed by atoms with Crippen molar-refractivity contribution in [2.24, 2.45) is 0 Å². The van der Waals surface area contributed by atoms with Crippen LogP contribution in [0.3, 0.4) is 0 Å². The van der Waals surface area contributed by atoms with Crippen LogP contribution < -0.4 is 14.4 Å². The zero-order chi connectivity index (χ0) is 24.1. The molecule has 0 spiro atoms. The highest BCUT2D eigenvalue weighted by Gasteiger charge is 2.51. The largest absolute Gasteiger partial charge is 0.487 e. The van der Waals surface area contributed by atoms with Gasteiger partial charge in [-0.1, -0.05) is 41.4 Å². The summed E-state index contributed by atoms with van der Waals surface area (Å²) in [6.07, 6.45) is 1.19. The van der Waals surface area contributed by atoms with Gasteiger partial charge in [-0.25, -0.2) is 8.42 Å². The van der Waals surface area contributed by atoms with Gasteiger partial charge in [0.25, 0.3) is 10.0 Å². The third kappa shape index (κ3) is 4.03. The molecule has 2 aliphatic rings. The molecule has 5 rings (SSSR count). The number of nitrogens with one attached hydrogen (secondary N) is 1. The molecule has 0 aromatic heterocycles. The number of carbonyl (C=O) groups is 1. The van der Waals surface area contributed by atoms with Crippen molar-refractivity contribution in [2.45, 2.75) is 43.1 Å². The summed E-state index contributed by atoms with van der Waals surface area (Å²) >= 11 is 6.01. The summed E-state index contributed by atoms with van der Waals surface area (Å²) in [6.45, 7) is 3.92. The summed E-state index contributed by atoms with van der Waals surface area (Å²) in [5.74, 6) is 0.346. The Bertz CT molecular complexity index is 1350. The highest BCUT2D eigenvalue weighted by Crippen LogP contribution is 2.49. The molecule has 1 atom stereocenters. The fraction of sp³-hybridized carbons (Fsp3) is 0.269. The molecule has 0 radical (unpaired) electrons. The first-order valence-corrected chi connectivity index (χ1v) is 13.0. The van der Waals surface area contributed by atoms with Crippen LogP contribution in [0.2, 0.25) is 5.02 Å². The summed E-state index contributed by atoms with van der Waals surface area (Å²) in [7, 11) is -3.81. The smallest absolute Gasteiger partial charge is 0.264 e. The molecule has 34 heavy (non-hydrogen) atoms. The van der Waals surface area contributed by atoms with E-state index in [-0.39, 0.29) is 23.5 Å². The van der Waals surface area contributed by atoms with Crippen LogP contribution in [0.1, 0.15) is 30.9 Å². The van der Waals surface area contributed by atoms with E-state index >= 15 is 0 Å². The molecule has 8 heteroatoms. The van der Waals surface area contributed by atoms with Crippen molar-refractivity contribution in [2.75, 3.05) is 16.2 Å². The van der Waals surface area contributed by atoms with Crippen molar-refractivity contribution in [3.8, 4) is 5.75 Å². The minimum atomic E-state index is -3.81. The van der Waals surface area contributed by atoms with Crippen molar-refractivity contribution in [1.29, 1.82) is 0 Å². The lowest BCUT2D eigenvalue weighted by molar-refractivity contribution is -0.118. The van der Waals surface area contributed by atoms with E-state index in [1.54, 1.807) is 54.6 Å². The van der Waals surface area contributed by atoms with Crippen molar-refractivity contribution in [1.82, 2.24) is 0 Å². The Morgan fingerprint density at radius 3 is 2.38 bits per heavy atom. The van der Waals surface area contributed by atoms with Crippen molar-refractivity contribution in [3.63, 3.8) is 0 Å². The molecular formula is C26H25ClN2O4S. The first-order valence-electron chi connectivity index (χ1n) is 11.2. The summed E-state index contributed by atoms with van der Waals surface area (Å²) in [5, 5.41) is 3.61. The topological polar surface area (TPSA) is 75.7 Å². The second kappa shape index (κ2) is 8.32. The van der Waals surface area contributed by atoms with Crippen LogP contribution in [-0.2, 0) is 20.2 Å². The highest BCUT2D eigenvalue weighted by atomic mass is 35.5. The average molecular weight is 497 g/mol. The molecule has 0 bridgehead atoms. The molecule has 3 aromatic carbocycles. The quantitative estimate of drug-likeness (QED) is 0.520. The third-order valence-electron chi connectivity index (χ3n) is 6.43. The summed E-state index contributed by atoms with van der Waals surface area (Å²) in [5.41, 5.74) is 2.25. The van der Waals surface area contributed by atoms with Gasteiger partial charge in [-0.15, -0.1) is 0 Å². The molecule has 176 valence electrons. The number of amides is 1. The molecular weight excluding hydrogens is 472 g/mol. The molecule has 1 fully saturated rings. The first kappa shape index (κ1) is 22.7. The van der Waals surface area contributed by atoms with Gasteiger partial charge in [0.2, 0.25) is 5.91 Å². The van der Waals surface area contributed by atoms with Gasteiger partial charge in [-0.2, -0.15) is 0 Å². The van der Waals surface area contributed by atoms with E-state index in [1.807, 2.05) is 26.0 Å². The van der Waals surface area contributed by atoms with Gasteiger partial charge in [-0.3, -0.25) is 9.10 Å². The second-order valence-corrected chi connectivity index (χ2v) is 11.3. The number of carbonyl (C=O) groups excluding carboxylic acids is 1. The molecule has 0 saturated heterocycles. The fourth-order valence-electron chi connectivity index (χ4n) is 4.33. The van der Waals surface area contributed by atoms with Crippen molar-refractivity contribution >= 4 is 38.9 Å². The van der Waals surface area contributed by atoms with Gasteiger partial charge < -0.3 is 10.1 Å². The third-order valence-corrected chi connectivity index (χ3v) is 8.47. The van der Waals surface area contributed by atoms with E-state index in [4.69, 9.17) is 16.3 Å². The lowest BCUT2D eigenvalue weighted by Crippen LogP contribution is -2.42. The van der Waals surface area contributed by atoms with Crippen LogP contribution >= 0.6 is 11.6 Å². The van der Waals surface area contributed by atoms with E-state index in [0.717, 1.165) is 24.0 Å². The average Bonchev–Trinajstić information content (AvgIpc) is 3.62. The Balaban J connectivity index is 1.46. The molecule has 6 nitrogen and oxygen atoms in total. The lowest BCUT2D eigenvalue weighted by atomic mass is 9.95. The maximum atomic E-state index is 13.5. The van der Waals surface area contributed by atoms with E-state index in [0.29, 0.717) is 22.1 Å². The Labute approximate surface area is 204 Å². The SMILES string of the molecule is Cc1ccc(S(=O)(=O)N2CC(C)Oc3ccc(NC(=O)C4(c5ccc(Cl)cc5)CC4)cc32)cc1. The molecule has 3 aromatic rings. The van der Waals surface area contributed by atoms with Gasteiger partial charge in [0, 0.05) is 10.7 Å². The minimum Gasteiger partial charge on any atom is -0.487 e. The number of aryl methyl sites for hydroxylation is 1. The van der Waals surface area contributed by atoms with E-state index < -0.39 is 15.4 Å². The molecule has 1 unspecified atom stereocenters. The van der Waals surface area contributed by atoms with Crippen LogP contribution in [0.25, 0.3) is 0 Å². The number of rotatable bonds is 5. The van der Waals surface area contributed by atoms with Gasteiger partial charge >= 0.3 is 0 Å². The van der Waals surface area contributed by atoms with Crippen LogP contribution in [0.15, 0.2) is 71.6 Å². The van der Waals surface area contributed by atoms with Gasteiger partial charge in [0.05, 0.1) is 22.5 Å². The summed E-state index contributed by atoms with van der Waals surface area (Å²) in [4.78, 5) is 13.4. The maximum Gasteiger partial charge on any atom is 0.264 e. The second-order valence-electron chi connectivity index (χ2n) is 9.00. The summed E-state index contributed by atoms with van der Waals surface area (Å²) in [6, 6.07) is 19.2. The zero-order valence-electron chi connectivity index (χ0n) is 18.9. The van der Waals surface area contributed by atoms with E-state index in [2.05, 4.69) is 5.32 Å².